The van der Waals surface area contributed by atoms with Crippen molar-refractivity contribution in [2.24, 2.45) is 4.99 Å². The Morgan fingerprint density at radius 2 is 2.27 bits per heavy atom. The molecule has 3 rings (SSSR count). The zero-order valence-corrected chi connectivity index (χ0v) is 17.9. The van der Waals surface area contributed by atoms with Crippen LogP contribution in [0.4, 0.5) is 0 Å². The molecule has 0 bridgehead atoms. The summed E-state index contributed by atoms with van der Waals surface area (Å²) in [5, 5.41) is 15.1. The standard InChI is InChI=1S/C17H30N6O2.HI/c1-2-18-17(19-8-5-10-24-13-14-6-4-11-25-14)20-12-16-22-21-15-7-3-9-23(15)16;/h14H,2-13H2,1H3,(H2,18,19,20);1H. The molecule has 1 atom stereocenters. The van der Waals surface area contributed by atoms with Crippen LogP contribution in [0.25, 0.3) is 0 Å². The number of hydrogen-bond acceptors (Lipinski definition) is 5. The minimum atomic E-state index is 0. The molecule has 2 N–H and O–H groups in total. The summed E-state index contributed by atoms with van der Waals surface area (Å²) in [6.45, 7) is 7.63. The van der Waals surface area contributed by atoms with Crippen molar-refractivity contribution in [1.29, 1.82) is 0 Å². The SMILES string of the molecule is CCNC(=NCc1nnc2n1CCC2)NCCCOCC1CCCO1.I. The molecular formula is C17H31IN6O2. The molecule has 0 amide bonds. The monoisotopic (exact) mass is 478 g/mol. The molecule has 148 valence electrons. The fraction of sp³-hybridized carbons (Fsp3) is 0.824. The van der Waals surface area contributed by atoms with Crippen molar-refractivity contribution in [1.82, 2.24) is 25.4 Å². The molecule has 2 aliphatic rings. The molecule has 0 aliphatic carbocycles. The van der Waals surface area contributed by atoms with Crippen molar-refractivity contribution in [3.05, 3.63) is 11.6 Å². The van der Waals surface area contributed by atoms with E-state index in [9.17, 15) is 0 Å². The molecule has 0 radical (unpaired) electrons. The van der Waals surface area contributed by atoms with Crippen LogP contribution in [0, 0.1) is 0 Å². The molecule has 0 aromatic carbocycles. The van der Waals surface area contributed by atoms with E-state index in [1.54, 1.807) is 0 Å². The number of ether oxygens (including phenoxy) is 2. The molecule has 9 heteroatoms. The van der Waals surface area contributed by atoms with Crippen molar-refractivity contribution in [2.45, 2.75) is 58.2 Å². The first kappa shape index (κ1) is 21.4. The third-order valence-corrected chi connectivity index (χ3v) is 4.49. The lowest BCUT2D eigenvalue weighted by Crippen LogP contribution is -2.38. The summed E-state index contributed by atoms with van der Waals surface area (Å²) in [5.74, 6) is 2.85. The van der Waals surface area contributed by atoms with Crippen LogP contribution in [0.3, 0.4) is 0 Å². The second kappa shape index (κ2) is 11.7. The minimum Gasteiger partial charge on any atom is -0.379 e. The van der Waals surface area contributed by atoms with Crippen LogP contribution in [0.2, 0.25) is 0 Å². The van der Waals surface area contributed by atoms with Gasteiger partial charge in [0.05, 0.1) is 12.7 Å². The number of aliphatic imine (C=N–C) groups is 1. The van der Waals surface area contributed by atoms with Crippen LogP contribution in [0.1, 0.15) is 44.3 Å². The summed E-state index contributed by atoms with van der Waals surface area (Å²) in [6.07, 6.45) is 5.72. The van der Waals surface area contributed by atoms with E-state index in [2.05, 4.69) is 37.3 Å². The number of guanidine groups is 1. The van der Waals surface area contributed by atoms with E-state index in [0.717, 1.165) is 82.6 Å². The van der Waals surface area contributed by atoms with E-state index in [0.29, 0.717) is 19.3 Å². The third kappa shape index (κ3) is 6.34. The highest BCUT2D eigenvalue weighted by Gasteiger charge is 2.17. The molecule has 0 saturated carbocycles. The first-order valence-electron chi connectivity index (χ1n) is 9.49. The van der Waals surface area contributed by atoms with Gasteiger partial charge in [-0.15, -0.1) is 34.2 Å². The average Bonchev–Trinajstić information content (AvgIpc) is 3.34. The van der Waals surface area contributed by atoms with Gasteiger partial charge in [-0.3, -0.25) is 0 Å². The first-order chi connectivity index (χ1) is 12.4. The highest BCUT2D eigenvalue weighted by Crippen LogP contribution is 2.14. The van der Waals surface area contributed by atoms with Crippen LogP contribution in [-0.2, 0) is 29.0 Å². The van der Waals surface area contributed by atoms with Crippen LogP contribution in [0.5, 0.6) is 0 Å². The highest BCUT2D eigenvalue weighted by molar-refractivity contribution is 14.0. The number of aryl methyl sites for hydroxylation is 1. The third-order valence-electron chi connectivity index (χ3n) is 4.49. The predicted molar refractivity (Wildman–Crippen MR) is 111 cm³/mol. The summed E-state index contributed by atoms with van der Waals surface area (Å²) >= 11 is 0. The van der Waals surface area contributed by atoms with Gasteiger partial charge in [0.15, 0.2) is 11.8 Å². The summed E-state index contributed by atoms with van der Waals surface area (Å²) < 4.78 is 13.4. The Balaban J connectivity index is 0.00000243. The van der Waals surface area contributed by atoms with Crippen molar-refractivity contribution in [2.75, 3.05) is 32.9 Å². The van der Waals surface area contributed by atoms with Crippen LogP contribution in [0.15, 0.2) is 4.99 Å². The number of hydrogen-bond donors (Lipinski definition) is 2. The molecule has 1 aromatic rings. The van der Waals surface area contributed by atoms with E-state index in [1.165, 1.54) is 0 Å². The fourth-order valence-electron chi connectivity index (χ4n) is 3.19. The maximum atomic E-state index is 5.68. The molecule has 1 fully saturated rings. The summed E-state index contributed by atoms with van der Waals surface area (Å²) in [5.41, 5.74) is 0. The van der Waals surface area contributed by atoms with Crippen molar-refractivity contribution in [3.63, 3.8) is 0 Å². The van der Waals surface area contributed by atoms with E-state index in [1.807, 2.05) is 0 Å². The van der Waals surface area contributed by atoms with Gasteiger partial charge in [0.2, 0.25) is 0 Å². The Kier molecular flexibility index (Phi) is 9.62. The molecule has 0 spiro atoms. The van der Waals surface area contributed by atoms with E-state index in [-0.39, 0.29) is 24.0 Å². The molecule has 3 heterocycles. The Morgan fingerprint density at radius 1 is 1.35 bits per heavy atom. The number of aromatic nitrogens is 3. The smallest absolute Gasteiger partial charge is 0.191 e. The highest BCUT2D eigenvalue weighted by atomic mass is 127. The number of nitrogens with zero attached hydrogens (tertiary/aromatic N) is 4. The summed E-state index contributed by atoms with van der Waals surface area (Å²) in [4.78, 5) is 4.62. The normalized spacial score (nSPS) is 19.3. The topological polar surface area (TPSA) is 85.6 Å². The van der Waals surface area contributed by atoms with Gasteiger partial charge in [-0.1, -0.05) is 0 Å². The minimum absolute atomic E-state index is 0. The second-order valence-corrected chi connectivity index (χ2v) is 6.47. The number of fused-ring (bicyclic) bond motifs is 1. The number of nitrogens with one attached hydrogen (secondary N) is 2. The van der Waals surface area contributed by atoms with Gasteiger partial charge in [0, 0.05) is 39.3 Å². The van der Waals surface area contributed by atoms with Crippen LogP contribution < -0.4 is 10.6 Å². The van der Waals surface area contributed by atoms with Crippen molar-refractivity contribution >= 4 is 29.9 Å². The molecule has 26 heavy (non-hydrogen) atoms. The van der Waals surface area contributed by atoms with E-state index in [4.69, 9.17) is 9.47 Å². The molecular weight excluding hydrogens is 447 g/mol. The van der Waals surface area contributed by atoms with Crippen LogP contribution >= 0.6 is 24.0 Å². The molecule has 2 aliphatic heterocycles. The Morgan fingerprint density at radius 3 is 3.08 bits per heavy atom. The van der Waals surface area contributed by atoms with E-state index < -0.39 is 0 Å². The lowest BCUT2D eigenvalue weighted by atomic mass is 10.2. The lowest BCUT2D eigenvalue weighted by Gasteiger charge is -2.12. The average molecular weight is 478 g/mol. The largest absolute Gasteiger partial charge is 0.379 e. The van der Waals surface area contributed by atoms with Gasteiger partial charge in [0.25, 0.3) is 0 Å². The summed E-state index contributed by atoms with van der Waals surface area (Å²) in [7, 11) is 0. The maximum absolute atomic E-state index is 5.68. The predicted octanol–water partition coefficient (Wildman–Crippen LogP) is 1.48. The van der Waals surface area contributed by atoms with Gasteiger partial charge in [-0.2, -0.15) is 0 Å². The molecule has 1 unspecified atom stereocenters. The lowest BCUT2D eigenvalue weighted by molar-refractivity contribution is 0.0168. The van der Waals surface area contributed by atoms with Gasteiger partial charge in [0.1, 0.15) is 12.4 Å². The Bertz CT molecular complexity index is 559. The van der Waals surface area contributed by atoms with Gasteiger partial charge < -0.3 is 24.7 Å². The van der Waals surface area contributed by atoms with Crippen molar-refractivity contribution < 1.29 is 9.47 Å². The Labute approximate surface area is 172 Å². The second-order valence-electron chi connectivity index (χ2n) is 6.47. The molecule has 1 saturated heterocycles. The zero-order chi connectivity index (χ0) is 17.3. The van der Waals surface area contributed by atoms with Crippen molar-refractivity contribution in [3.8, 4) is 0 Å². The Hall–Kier alpha value is -0.940. The summed E-state index contributed by atoms with van der Waals surface area (Å²) in [6, 6.07) is 0. The quantitative estimate of drug-likeness (QED) is 0.242. The van der Waals surface area contributed by atoms with Gasteiger partial charge in [-0.05, 0) is 32.6 Å². The first-order valence-corrected chi connectivity index (χ1v) is 9.49. The number of halogens is 1. The van der Waals surface area contributed by atoms with Gasteiger partial charge in [-0.25, -0.2) is 4.99 Å². The molecule has 8 nitrogen and oxygen atoms in total. The van der Waals surface area contributed by atoms with Crippen LogP contribution in [-0.4, -0.2) is 59.7 Å². The molecule has 1 aromatic heterocycles. The fourth-order valence-corrected chi connectivity index (χ4v) is 3.19. The maximum Gasteiger partial charge on any atom is 0.191 e. The van der Waals surface area contributed by atoms with Gasteiger partial charge >= 0.3 is 0 Å². The number of rotatable bonds is 9. The van der Waals surface area contributed by atoms with E-state index >= 15 is 0 Å². The zero-order valence-electron chi connectivity index (χ0n) is 15.6.